The Morgan fingerprint density at radius 3 is 2.93 bits per heavy atom. The zero-order chi connectivity index (χ0) is 10.1. The molecule has 2 unspecified atom stereocenters. The molecule has 76 valence electrons. The van der Waals surface area contributed by atoms with Crippen molar-refractivity contribution in [3.63, 3.8) is 0 Å². The van der Waals surface area contributed by atoms with E-state index in [9.17, 15) is 0 Å². The third-order valence-electron chi connectivity index (χ3n) is 2.84. The number of rotatable bonds is 3. The molecule has 1 aliphatic carbocycles. The smallest absolute Gasteiger partial charge is 0.221 e. The van der Waals surface area contributed by atoms with Crippen LogP contribution in [-0.2, 0) is 0 Å². The van der Waals surface area contributed by atoms with Crippen LogP contribution in [0.3, 0.4) is 0 Å². The minimum absolute atomic E-state index is 0.346. The Labute approximate surface area is 84.2 Å². The van der Waals surface area contributed by atoms with Gasteiger partial charge in [-0.3, -0.25) is 0 Å². The van der Waals surface area contributed by atoms with Crippen molar-refractivity contribution < 1.29 is 0 Å². The summed E-state index contributed by atoms with van der Waals surface area (Å²) in [4.78, 5) is 10.2. The van der Waals surface area contributed by atoms with E-state index in [1.807, 2.05) is 13.1 Å². The highest BCUT2D eigenvalue weighted by Crippen LogP contribution is 2.38. The topological polar surface area (TPSA) is 55.0 Å². The molecule has 1 aromatic heterocycles. The number of aromatic nitrogens is 2. The van der Waals surface area contributed by atoms with Crippen molar-refractivity contribution in [2.24, 2.45) is 11.8 Å². The molecule has 14 heavy (non-hydrogen) atoms. The summed E-state index contributed by atoms with van der Waals surface area (Å²) in [5.74, 6) is 2.96. The van der Waals surface area contributed by atoms with Gasteiger partial charge in [0, 0.05) is 19.8 Å². The van der Waals surface area contributed by atoms with Crippen molar-refractivity contribution in [2.45, 2.75) is 13.3 Å². The molecule has 0 amide bonds. The predicted octanol–water partition coefficient (Wildman–Crippen LogP) is 1.15. The highest BCUT2D eigenvalue weighted by Gasteiger charge is 2.33. The number of nitrogen functional groups attached to an aromatic ring is 1. The lowest BCUT2D eigenvalue weighted by Crippen LogP contribution is -2.22. The fraction of sp³-hybridized carbons (Fsp3) is 0.600. The SMILES string of the molecule is CC1CC1CN(C)c1ccnc(N)n1. The molecule has 0 bridgehead atoms. The first-order chi connectivity index (χ1) is 6.66. The third kappa shape index (κ3) is 1.95. The van der Waals surface area contributed by atoms with E-state index >= 15 is 0 Å². The number of hydrogen-bond acceptors (Lipinski definition) is 4. The molecule has 0 radical (unpaired) electrons. The highest BCUT2D eigenvalue weighted by molar-refractivity contribution is 5.40. The quantitative estimate of drug-likeness (QED) is 0.780. The average Bonchev–Trinajstić information content (AvgIpc) is 2.81. The summed E-state index contributed by atoms with van der Waals surface area (Å²) >= 11 is 0. The molecule has 1 aliphatic rings. The molecule has 1 heterocycles. The second-order valence-electron chi connectivity index (χ2n) is 4.13. The number of nitrogens with zero attached hydrogens (tertiary/aromatic N) is 3. The van der Waals surface area contributed by atoms with Gasteiger partial charge in [-0.25, -0.2) is 4.98 Å². The van der Waals surface area contributed by atoms with Gasteiger partial charge < -0.3 is 10.6 Å². The summed E-state index contributed by atoms with van der Waals surface area (Å²) in [5.41, 5.74) is 5.52. The van der Waals surface area contributed by atoms with Gasteiger partial charge in [-0.05, 0) is 24.3 Å². The first kappa shape index (κ1) is 9.24. The molecule has 0 spiro atoms. The zero-order valence-corrected chi connectivity index (χ0v) is 8.64. The van der Waals surface area contributed by atoms with Crippen LogP contribution in [0.1, 0.15) is 13.3 Å². The van der Waals surface area contributed by atoms with Crippen molar-refractivity contribution in [1.82, 2.24) is 9.97 Å². The summed E-state index contributed by atoms with van der Waals surface area (Å²) in [6, 6.07) is 1.89. The average molecular weight is 192 g/mol. The summed E-state index contributed by atoms with van der Waals surface area (Å²) in [6.45, 7) is 3.35. The van der Waals surface area contributed by atoms with Crippen LogP contribution in [0.5, 0.6) is 0 Å². The summed E-state index contributed by atoms with van der Waals surface area (Å²) < 4.78 is 0. The van der Waals surface area contributed by atoms with E-state index < -0.39 is 0 Å². The van der Waals surface area contributed by atoms with Crippen molar-refractivity contribution in [1.29, 1.82) is 0 Å². The maximum atomic E-state index is 5.52. The van der Waals surface area contributed by atoms with E-state index in [1.165, 1.54) is 6.42 Å². The van der Waals surface area contributed by atoms with Gasteiger partial charge in [0.2, 0.25) is 5.95 Å². The van der Waals surface area contributed by atoms with Gasteiger partial charge >= 0.3 is 0 Å². The van der Waals surface area contributed by atoms with Gasteiger partial charge in [0.15, 0.2) is 0 Å². The summed E-state index contributed by atoms with van der Waals surface area (Å²) in [5, 5.41) is 0. The van der Waals surface area contributed by atoms with Crippen LogP contribution in [0, 0.1) is 11.8 Å². The predicted molar refractivity (Wildman–Crippen MR) is 57.0 cm³/mol. The number of nitrogens with two attached hydrogens (primary N) is 1. The number of hydrogen-bond donors (Lipinski definition) is 1. The van der Waals surface area contributed by atoms with Gasteiger partial charge in [-0.2, -0.15) is 4.98 Å². The van der Waals surface area contributed by atoms with Crippen LogP contribution < -0.4 is 10.6 Å². The van der Waals surface area contributed by atoms with E-state index in [1.54, 1.807) is 6.20 Å². The summed E-state index contributed by atoms with van der Waals surface area (Å²) in [7, 11) is 2.05. The molecule has 0 saturated heterocycles. The van der Waals surface area contributed by atoms with Gasteiger partial charge in [0.05, 0.1) is 0 Å². The van der Waals surface area contributed by atoms with E-state index in [-0.39, 0.29) is 0 Å². The Balaban J connectivity index is 2.00. The Morgan fingerprint density at radius 1 is 1.64 bits per heavy atom. The second-order valence-corrected chi connectivity index (χ2v) is 4.13. The lowest BCUT2D eigenvalue weighted by molar-refractivity contribution is 0.719. The molecule has 2 rings (SSSR count). The molecule has 2 N–H and O–H groups in total. The van der Waals surface area contributed by atoms with E-state index in [4.69, 9.17) is 5.73 Å². The first-order valence-electron chi connectivity index (χ1n) is 4.96. The molecule has 0 aromatic carbocycles. The molecule has 0 aliphatic heterocycles. The van der Waals surface area contributed by atoms with E-state index in [0.717, 1.165) is 24.2 Å². The monoisotopic (exact) mass is 192 g/mol. The zero-order valence-electron chi connectivity index (χ0n) is 8.64. The normalized spacial score (nSPS) is 24.7. The molecular weight excluding hydrogens is 176 g/mol. The van der Waals surface area contributed by atoms with Gasteiger partial charge in [-0.1, -0.05) is 6.92 Å². The van der Waals surface area contributed by atoms with Crippen LogP contribution in [0.2, 0.25) is 0 Å². The highest BCUT2D eigenvalue weighted by atomic mass is 15.2. The van der Waals surface area contributed by atoms with Crippen LogP contribution >= 0.6 is 0 Å². The van der Waals surface area contributed by atoms with Crippen LogP contribution in [-0.4, -0.2) is 23.6 Å². The molecular formula is C10H16N4. The van der Waals surface area contributed by atoms with Crippen molar-refractivity contribution in [3.8, 4) is 0 Å². The lowest BCUT2D eigenvalue weighted by Gasteiger charge is -2.17. The Hall–Kier alpha value is -1.32. The molecule has 1 saturated carbocycles. The maximum Gasteiger partial charge on any atom is 0.221 e. The van der Waals surface area contributed by atoms with Gasteiger partial charge in [-0.15, -0.1) is 0 Å². The van der Waals surface area contributed by atoms with Crippen molar-refractivity contribution >= 4 is 11.8 Å². The van der Waals surface area contributed by atoms with Crippen LogP contribution in [0.4, 0.5) is 11.8 Å². The van der Waals surface area contributed by atoms with Crippen LogP contribution in [0.25, 0.3) is 0 Å². The summed E-state index contributed by atoms with van der Waals surface area (Å²) in [6.07, 6.45) is 3.04. The van der Waals surface area contributed by atoms with E-state index in [0.29, 0.717) is 5.95 Å². The number of anilines is 2. The van der Waals surface area contributed by atoms with E-state index in [2.05, 4.69) is 21.8 Å². The molecule has 2 atom stereocenters. The Morgan fingerprint density at radius 2 is 2.36 bits per heavy atom. The first-order valence-corrected chi connectivity index (χ1v) is 4.96. The molecule has 1 fully saturated rings. The fourth-order valence-corrected chi connectivity index (χ4v) is 1.68. The Bertz CT molecular complexity index is 326. The van der Waals surface area contributed by atoms with Crippen molar-refractivity contribution in [2.75, 3.05) is 24.2 Å². The molecule has 1 aromatic rings. The van der Waals surface area contributed by atoms with Crippen molar-refractivity contribution in [3.05, 3.63) is 12.3 Å². The fourth-order valence-electron chi connectivity index (χ4n) is 1.68. The maximum absolute atomic E-state index is 5.52. The minimum atomic E-state index is 0.346. The van der Waals surface area contributed by atoms with Gasteiger partial charge in [0.25, 0.3) is 0 Å². The minimum Gasteiger partial charge on any atom is -0.368 e. The van der Waals surface area contributed by atoms with Gasteiger partial charge in [0.1, 0.15) is 5.82 Å². The second kappa shape index (κ2) is 3.44. The molecule has 4 heteroatoms. The largest absolute Gasteiger partial charge is 0.368 e. The third-order valence-corrected chi connectivity index (χ3v) is 2.84. The van der Waals surface area contributed by atoms with Crippen LogP contribution in [0.15, 0.2) is 12.3 Å². The Kier molecular flexibility index (Phi) is 2.27. The molecule has 4 nitrogen and oxygen atoms in total. The lowest BCUT2D eigenvalue weighted by atomic mass is 10.3. The standard InChI is InChI=1S/C10H16N4/c1-7-5-8(7)6-14(2)9-3-4-12-10(11)13-9/h3-4,7-8H,5-6H2,1-2H3,(H2,11,12,13).